The van der Waals surface area contributed by atoms with Crippen molar-refractivity contribution in [1.82, 2.24) is 10.2 Å². The molecule has 0 unspecified atom stereocenters. The van der Waals surface area contributed by atoms with E-state index in [0.717, 1.165) is 37.8 Å². The van der Waals surface area contributed by atoms with Crippen molar-refractivity contribution < 1.29 is 18.7 Å². The zero-order chi connectivity index (χ0) is 20.5. The summed E-state index contributed by atoms with van der Waals surface area (Å²) in [6, 6.07) is 13.1. The molecular weight excluding hydrogens is 371 g/mol. The van der Waals surface area contributed by atoms with Crippen molar-refractivity contribution in [1.29, 1.82) is 0 Å². The van der Waals surface area contributed by atoms with E-state index in [1.165, 1.54) is 12.1 Å². The van der Waals surface area contributed by atoms with Gasteiger partial charge in [0, 0.05) is 31.6 Å². The lowest BCUT2D eigenvalue weighted by Crippen LogP contribution is -2.34. The molecule has 0 aliphatic carbocycles. The second kappa shape index (κ2) is 10.6. The van der Waals surface area contributed by atoms with Crippen molar-refractivity contribution in [3.8, 4) is 5.75 Å². The monoisotopic (exact) mass is 398 g/mol. The molecule has 2 aromatic carbocycles. The van der Waals surface area contributed by atoms with Gasteiger partial charge in [-0.05, 0) is 55.2 Å². The first kappa shape index (κ1) is 20.8. The molecule has 154 valence electrons. The van der Waals surface area contributed by atoms with Crippen LogP contribution in [0.2, 0.25) is 0 Å². The maximum absolute atomic E-state index is 13.0. The summed E-state index contributed by atoms with van der Waals surface area (Å²) < 4.78 is 18.7. The lowest BCUT2D eigenvalue weighted by molar-refractivity contribution is -0.130. The first-order chi connectivity index (χ1) is 14.1. The van der Waals surface area contributed by atoms with Crippen molar-refractivity contribution in [3.63, 3.8) is 0 Å². The Kier molecular flexibility index (Phi) is 7.61. The van der Waals surface area contributed by atoms with E-state index >= 15 is 0 Å². The van der Waals surface area contributed by atoms with Crippen LogP contribution in [-0.2, 0) is 11.4 Å². The molecule has 0 bridgehead atoms. The second-order valence-electron chi connectivity index (χ2n) is 7.24. The van der Waals surface area contributed by atoms with Crippen LogP contribution in [0.1, 0.15) is 48.0 Å². The number of rotatable bonds is 8. The summed E-state index contributed by atoms with van der Waals surface area (Å²) >= 11 is 0. The van der Waals surface area contributed by atoms with E-state index in [1.807, 2.05) is 4.90 Å². The normalized spacial score (nSPS) is 14.4. The Morgan fingerprint density at radius 2 is 1.93 bits per heavy atom. The molecule has 1 saturated heterocycles. The van der Waals surface area contributed by atoms with Gasteiger partial charge < -0.3 is 15.0 Å². The van der Waals surface area contributed by atoms with Crippen LogP contribution in [0.5, 0.6) is 5.75 Å². The van der Waals surface area contributed by atoms with Gasteiger partial charge in [-0.3, -0.25) is 9.59 Å². The average molecular weight is 398 g/mol. The number of nitrogens with zero attached hydrogens (tertiary/aromatic N) is 1. The molecule has 0 saturated carbocycles. The number of likely N-dealkylation sites (tertiary alicyclic amines) is 1. The molecule has 1 heterocycles. The Morgan fingerprint density at radius 3 is 2.76 bits per heavy atom. The van der Waals surface area contributed by atoms with Crippen LogP contribution in [0.3, 0.4) is 0 Å². The topological polar surface area (TPSA) is 58.6 Å². The summed E-state index contributed by atoms with van der Waals surface area (Å²) in [7, 11) is 0. The molecule has 0 radical (unpaired) electrons. The van der Waals surface area contributed by atoms with Gasteiger partial charge in [0.2, 0.25) is 5.91 Å². The first-order valence-electron chi connectivity index (χ1n) is 10.1. The number of hydrogen-bond donors (Lipinski definition) is 1. The number of nitrogens with one attached hydrogen (secondary N) is 1. The van der Waals surface area contributed by atoms with Gasteiger partial charge in [-0.15, -0.1) is 0 Å². The molecule has 29 heavy (non-hydrogen) atoms. The Bertz CT molecular complexity index is 823. The zero-order valence-electron chi connectivity index (χ0n) is 16.5. The Hall–Kier alpha value is -2.89. The second-order valence-corrected chi connectivity index (χ2v) is 7.24. The lowest BCUT2D eigenvalue weighted by atomic mass is 10.2. The smallest absolute Gasteiger partial charge is 0.251 e. The largest absolute Gasteiger partial charge is 0.489 e. The highest BCUT2D eigenvalue weighted by Crippen LogP contribution is 2.16. The molecule has 1 aliphatic rings. The minimum absolute atomic E-state index is 0.167. The number of benzene rings is 2. The number of carbonyl (C=O) groups is 2. The molecule has 0 atom stereocenters. The summed E-state index contributed by atoms with van der Waals surface area (Å²) in [5.41, 5.74) is 1.37. The van der Waals surface area contributed by atoms with Gasteiger partial charge in [0.25, 0.3) is 5.91 Å². The summed E-state index contributed by atoms with van der Waals surface area (Å²) in [5, 5.41) is 2.90. The van der Waals surface area contributed by atoms with Crippen molar-refractivity contribution in [2.75, 3.05) is 19.6 Å². The number of amides is 2. The van der Waals surface area contributed by atoms with Crippen LogP contribution in [-0.4, -0.2) is 36.3 Å². The van der Waals surface area contributed by atoms with E-state index in [4.69, 9.17) is 4.74 Å². The SMILES string of the molecule is O=C(NCCCN1CCCCCC1=O)c1cccc(OCc2ccc(F)cc2)c1. The van der Waals surface area contributed by atoms with Gasteiger partial charge in [0.15, 0.2) is 0 Å². The molecule has 1 N–H and O–H groups in total. The molecule has 1 fully saturated rings. The predicted molar refractivity (Wildman–Crippen MR) is 109 cm³/mol. The number of ether oxygens (including phenoxy) is 1. The van der Waals surface area contributed by atoms with Gasteiger partial charge in [-0.1, -0.05) is 24.6 Å². The highest BCUT2D eigenvalue weighted by Gasteiger charge is 2.16. The van der Waals surface area contributed by atoms with Gasteiger partial charge in [0.05, 0.1) is 0 Å². The molecular formula is C23H27FN2O3. The first-order valence-corrected chi connectivity index (χ1v) is 10.1. The molecule has 2 aromatic rings. The van der Waals surface area contributed by atoms with Crippen molar-refractivity contribution in [2.24, 2.45) is 0 Å². The van der Waals surface area contributed by atoms with Crippen LogP contribution in [0.15, 0.2) is 48.5 Å². The minimum Gasteiger partial charge on any atom is -0.489 e. The molecule has 0 spiro atoms. The van der Waals surface area contributed by atoms with Crippen LogP contribution < -0.4 is 10.1 Å². The van der Waals surface area contributed by atoms with Gasteiger partial charge >= 0.3 is 0 Å². The summed E-state index contributed by atoms with van der Waals surface area (Å²) in [6.45, 7) is 2.32. The fraction of sp³-hybridized carbons (Fsp3) is 0.391. The molecule has 3 rings (SSSR count). The van der Waals surface area contributed by atoms with E-state index in [-0.39, 0.29) is 17.6 Å². The quantitative estimate of drug-likeness (QED) is 0.686. The highest BCUT2D eigenvalue weighted by molar-refractivity contribution is 5.94. The lowest BCUT2D eigenvalue weighted by Gasteiger charge is -2.20. The van der Waals surface area contributed by atoms with Crippen molar-refractivity contribution in [2.45, 2.75) is 38.7 Å². The fourth-order valence-electron chi connectivity index (χ4n) is 3.32. The molecule has 6 heteroatoms. The summed E-state index contributed by atoms with van der Waals surface area (Å²) in [6.07, 6.45) is 4.52. The van der Waals surface area contributed by atoms with E-state index < -0.39 is 0 Å². The van der Waals surface area contributed by atoms with Gasteiger partial charge in [-0.2, -0.15) is 0 Å². The van der Waals surface area contributed by atoms with Gasteiger partial charge in [-0.25, -0.2) is 4.39 Å². The Labute approximate surface area is 170 Å². The van der Waals surface area contributed by atoms with E-state index in [2.05, 4.69) is 5.32 Å². The van der Waals surface area contributed by atoms with Crippen LogP contribution in [0.4, 0.5) is 4.39 Å². The van der Waals surface area contributed by atoms with Crippen molar-refractivity contribution >= 4 is 11.8 Å². The fourth-order valence-corrected chi connectivity index (χ4v) is 3.32. The van der Waals surface area contributed by atoms with Gasteiger partial charge in [0.1, 0.15) is 18.2 Å². The standard InChI is InChI=1S/C23H27FN2O3/c24-20-11-9-18(10-12-20)17-29-21-7-4-6-19(16-21)23(28)25-13-5-15-26-14-3-1-2-8-22(26)27/h4,6-7,9-12,16H,1-3,5,8,13-15,17H2,(H,25,28). The van der Waals surface area contributed by atoms with Crippen LogP contribution in [0, 0.1) is 5.82 Å². The number of carbonyl (C=O) groups excluding carboxylic acids is 2. The van der Waals surface area contributed by atoms with Crippen molar-refractivity contribution in [3.05, 3.63) is 65.5 Å². The van der Waals surface area contributed by atoms with Crippen LogP contribution in [0.25, 0.3) is 0 Å². The zero-order valence-corrected chi connectivity index (χ0v) is 16.5. The Balaban J connectivity index is 1.43. The third-order valence-electron chi connectivity index (χ3n) is 4.98. The number of halogens is 1. The third kappa shape index (κ3) is 6.59. The third-order valence-corrected chi connectivity index (χ3v) is 4.98. The Morgan fingerprint density at radius 1 is 1.10 bits per heavy atom. The molecule has 0 aromatic heterocycles. The highest BCUT2D eigenvalue weighted by atomic mass is 19.1. The molecule has 2 amide bonds. The average Bonchev–Trinajstić information content (AvgIpc) is 2.95. The molecule has 5 nitrogen and oxygen atoms in total. The van der Waals surface area contributed by atoms with E-state index in [0.29, 0.717) is 37.4 Å². The molecule has 1 aliphatic heterocycles. The van der Waals surface area contributed by atoms with E-state index in [9.17, 15) is 14.0 Å². The summed E-state index contributed by atoms with van der Waals surface area (Å²) in [4.78, 5) is 26.3. The van der Waals surface area contributed by atoms with E-state index in [1.54, 1.807) is 36.4 Å². The number of hydrogen-bond acceptors (Lipinski definition) is 3. The predicted octanol–water partition coefficient (Wildman–Crippen LogP) is 3.93. The van der Waals surface area contributed by atoms with Crippen LogP contribution >= 0.6 is 0 Å². The maximum atomic E-state index is 13.0. The maximum Gasteiger partial charge on any atom is 0.251 e. The minimum atomic E-state index is -0.285. The summed E-state index contributed by atoms with van der Waals surface area (Å²) in [5.74, 6) is 0.351.